The molecule has 2 aromatic rings. The van der Waals surface area contributed by atoms with E-state index in [9.17, 15) is 9.59 Å². The Bertz CT molecular complexity index is 996. The van der Waals surface area contributed by atoms with E-state index in [0.29, 0.717) is 36.3 Å². The molecule has 0 atom stereocenters. The fourth-order valence-electron chi connectivity index (χ4n) is 4.52. The van der Waals surface area contributed by atoms with Crippen LogP contribution in [-0.4, -0.2) is 71.8 Å². The zero-order valence-corrected chi connectivity index (χ0v) is 20.7. The SMILES string of the molecule is COc1cc(-c2nnc(SCCCN3C(=O)CNC3=O)n2C2CCCCC2)cc(OC)c1OC. The highest BCUT2D eigenvalue weighted by atomic mass is 32.2. The Morgan fingerprint density at radius 3 is 2.32 bits per heavy atom. The molecule has 2 aliphatic rings. The number of aromatic nitrogens is 3. The lowest BCUT2D eigenvalue weighted by molar-refractivity contribution is -0.124. The van der Waals surface area contributed by atoms with Gasteiger partial charge in [0.05, 0.1) is 27.9 Å². The van der Waals surface area contributed by atoms with Crippen LogP contribution in [0.4, 0.5) is 4.79 Å². The van der Waals surface area contributed by atoms with Crippen LogP contribution in [0.2, 0.25) is 0 Å². The zero-order valence-electron chi connectivity index (χ0n) is 19.8. The van der Waals surface area contributed by atoms with Gasteiger partial charge < -0.3 is 19.5 Å². The Morgan fingerprint density at radius 1 is 1.03 bits per heavy atom. The first kappa shape index (κ1) is 24.2. The van der Waals surface area contributed by atoms with Crippen LogP contribution >= 0.6 is 11.8 Å². The van der Waals surface area contributed by atoms with E-state index in [4.69, 9.17) is 14.2 Å². The van der Waals surface area contributed by atoms with Gasteiger partial charge in [0.2, 0.25) is 11.7 Å². The molecule has 2 heterocycles. The van der Waals surface area contributed by atoms with E-state index in [1.54, 1.807) is 33.1 Å². The smallest absolute Gasteiger partial charge is 0.324 e. The second-order valence-electron chi connectivity index (χ2n) is 8.29. The molecule has 3 amide bonds. The Hall–Kier alpha value is -2.95. The summed E-state index contributed by atoms with van der Waals surface area (Å²) in [5.74, 6) is 2.98. The molecule has 11 heteroatoms. The van der Waals surface area contributed by atoms with E-state index in [0.717, 1.165) is 35.1 Å². The number of amides is 3. The molecule has 0 unspecified atom stereocenters. The summed E-state index contributed by atoms with van der Waals surface area (Å²) >= 11 is 1.60. The van der Waals surface area contributed by atoms with Crippen LogP contribution < -0.4 is 19.5 Å². The van der Waals surface area contributed by atoms with Gasteiger partial charge in [-0.05, 0) is 31.4 Å². The van der Waals surface area contributed by atoms with Gasteiger partial charge in [0.25, 0.3) is 0 Å². The molecule has 4 rings (SSSR count). The number of carbonyl (C=O) groups is 2. The normalized spacial score (nSPS) is 16.6. The molecule has 1 saturated heterocycles. The van der Waals surface area contributed by atoms with Crippen molar-refractivity contribution in [1.82, 2.24) is 25.0 Å². The van der Waals surface area contributed by atoms with Gasteiger partial charge >= 0.3 is 6.03 Å². The van der Waals surface area contributed by atoms with E-state index >= 15 is 0 Å². The quantitative estimate of drug-likeness (QED) is 0.307. The molecule has 2 fully saturated rings. The average molecular weight is 490 g/mol. The summed E-state index contributed by atoms with van der Waals surface area (Å²) in [6.45, 7) is 0.481. The van der Waals surface area contributed by atoms with Gasteiger partial charge in [-0.25, -0.2) is 4.79 Å². The highest BCUT2D eigenvalue weighted by Crippen LogP contribution is 2.43. The van der Waals surface area contributed by atoms with Crippen molar-refractivity contribution in [3.05, 3.63) is 12.1 Å². The minimum Gasteiger partial charge on any atom is -0.493 e. The summed E-state index contributed by atoms with van der Waals surface area (Å²) in [5, 5.41) is 12.5. The van der Waals surface area contributed by atoms with Crippen molar-refractivity contribution in [2.24, 2.45) is 0 Å². The molecule has 10 nitrogen and oxygen atoms in total. The predicted octanol–water partition coefficient (Wildman–Crippen LogP) is 3.51. The standard InChI is InChI=1S/C23H31N5O5S/c1-31-17-12-15(13-18(32-2)20(17)33-3)21-25-26-23(28(21)16-8-5-4-6-9-16)34-11-7-10-27-19(29)14-24-22(27)30/h12-13,16H,4-11,14H2,1-3H3,(H,24,30). The highest BCUT2D eigenvalue weighted by Gasteiger charge is 2.28. The number of urea groups is 1. The third kappa shape index (κ3) is 4.94. The molecule has 34 heavy (non-hydrogen) atoms. The molecular weight excluding hydrogens is 458 g/mol. The van der Waals surface area contributed by atoms with Crippen molar-refractivity contribution in [2.75, 3.05) is 40.2 Å². The van der Waals surface area contributed by atoms with Crippen LogP contribution in [0.3, 0.4) is 0 Å². The molecule has 1 aromatic heterocycles. The molecule has 1 N–H and O–H groups in total. The lowest BCUT2D eigenvalue weighted by Crippen LogP contribution is -2.32. The van der Waals surface area contributed by atoms with Gasteiger partial charge in [0, 0.05) is 23.9 Å². The first-order chi connectivity index (χ1) is 16.6. The largest absolute Gasteiger partial charge is 0.493 e. The molecule has 0 spiro atoms. The maximum atomic E-state index is 11.8. The second kappa shape index (κ2) is 11.0. The summed E-state index contributed by atoms with van der Waals surface area (Å²) in [6.07, 6.45) is 6.42. The van der Waals surface area contributed by atoms with Gasteiger partial charge in [-0.2, -0.15) is 0 Å². The number of nitrogens with zero attached hydrogens (tertiary/aromatic N) is 4. The molecule has 1 saturated carbocycles. The molecular formula is C23H31N5O5S. The summed E-state index contributed by atoms with van der Waals surface area (Å²) in [7, 11) is 4.78. The summed E-state index contributed by atoms with van der Waals surface area (Å²) < 4.78 is 18.8. The molecule has 1 aromatic carbocycles. The first-order valence-electron chi connectivity index (χ1n) is 11.5. The van der Waals surface area contributed by atoms with Crippen LogP contribution in [-0.2, 0) is 4.79 Å². The third-order valence-electron chi connectivity index (χ3n) is 6.22. The van der Waals surface area contributed by atoms with Gasteiger partial charge in [0.1, 0.15) is 0 Å². The fourth-order valence-corrected chi connectivity index (χ4v) is 5.45. The van der Waals surface area contributed by atoms with E-state index in [-0.39, 0.29) is 18.5 Å². The minimum atomic E-state index is -0.315. The van der Waals surface area contributed by atoms with Crippen LogP contribution in [0.25, 0.3) is 11.4 Å². The maximum Gasteiger partial charge on any atom is 0.324 e. The van der Waals surface area contributed by atoms with Gasteiger partial charge in [-0.3, -0.25) is 14.3 Å². The second-order valence-corrected chi connectivity index (χ2v) is 9.35. The summed E-state index contributed by atoms with van der Waals surface area (Å²) in [6, 6.07) is 3.80. The molecule has 184 valence electrons. The number of hydrogen-bond acceptors (Lipinski definition) is 8. The van der Waals surface area contributed by atoms with Crippen molar-refractivity contribution in [1.29, 1.82) is 0 Å². The Labute approximate surface area is 203 Å². The van der Waals surface area contributed by atoms with Crippen molar-refractivity contribution in [3.8, 4) is 28.6 Å². The van der Waals surface area contributed by atoms with Crippen LogP contribution in [0, 0.1) is 0 Å². The highest BCUT2D eigenvalue weighted by molar-refractivity contribution is 7.99. The summed E-state index contributed by atoms with van der Waals surface area (Å²) in [5.41, 5.74) is 0.846. The Balaban J connectivity index is 1.58. The average Bonchev–Trinajstić information content (AvgIpc) is 3.44. The number of thioether (sulfide) groups is 1. The van der Waals surface area contributed by atoms with E-state index < -0.39 is 0 Å². The van der Waals surface area contributed by atoms with Crippen molar-refractivity contribution in [2.45, 2.75) is 49.7 Å². The van der Waals surface area contributed by atoms with Crippen LogP contribution in [0.5, 0.6) is 17.2 Å². The van der Waals surface area contributed by atoms with Crippen molar-refractivity contribution < 1.29 is 23.8 Å². The lowest BCUT2D eigenvalue weighted by Gasteiger charge is -2.26. The molecule has 1 aliphatic heterocycles. The fraction of sp³-hybridized carbons (Fsp3) is 0.565. The molecule has 0 bridgehead atoms. The maximum absolute atomic E-state index is 11.8. The topological polar surface area (TPSA) is 108 Å². The van der Waals surface area contributed by atoms with Crippen molar-refractivity contribution >= 4 is 23.7 Å². The number of imide groups is 1. The number of benzene rings is 1. The van der Waals surface area contributed by atoms with E-state index in [2.05, 4.69) is 20.1 Å². The van der Waals surface area contributed by atoms with Gasteiger partial charge in [-0.1, -0.05) is 31.0 Å². The monoisotopic (exact) mass is 489 g/mol. The van der Waals surface area contributed by atoms with Crippen LogP contribution in [0.15, 0.2) is 17.3 Å². The van der Waals surface area contributed by atoms with Crippen LogP contribution in [0.1, 0.15) is 44.6 Å². The number of methoxy groups -OCH3 is 3. The van der Waals surface area contributed by atoms with Gasteiger partial charge in [0.15, 0.2) is 22.5 Å². The van der Waals surface area contributed by atoms with E-state index in [1.807, 2.05) is 12.1 Å². The summed E-state index contributed by atoms with van der Waals surface area (Å²) in [4.78, 5) is 24.8. The predicted molar refractivity (Wildman–Crippen MR) is 128 cm³/mol. The number of nitrogens with one attached hydrogen (secondary N) is 1. The van der Waals surface area contributed by atoms with E-state index in [1.165, 1.54) is 24.2 Å². The minimum absolute atomic E-state index is 0.0835. The first-order valence-corrected chi connectivity index (χ1v) is 12.5. The Kier molecular flexibility index (Phi) is 7.81. The molecule has 1 aliphatic carbocycles. The number of hydrogen-bond donors (Lipinski definition) is 1. The molecule has 0 radical (unpaired) electrons. The lowest BCUT2D eigenvalue weighted by atomic mass is 9.95. The number of ether oxygens (including phenoxy) is 3. The number of rotatable bonds is 10. The third-order valence-corrected chi connectivity index (χ3v) is 7.25. The Morgan fingerprint density at radius 2 is 1.74 bits per heavy atom. The van der Waals surface area contributed by atoms with Crippen molar-refractivity contribution in [3.63, 3.8) is 0 Å². The van der Waals surface area contributed by atoms with Gasteiger partial charge in [-0.15, -0.1) is 10.2 Å². The zero-order chi connectivity index (χ0) is 24.1. The number of carbonyl (C=O) groups excluding carboxylic acids is 2.